The van der Waals surface area contributed by atoms with Crippen molar-refractivity contribution in [3.63, 3.8) is 0 Å². The maximum atomic E-state index is 13.0. The van der Waals surface area contributed by atoms with Crippen molar-refractivity contribution < 1.29 is 8.42 Å². The summed E-state index contributed by atoms with van der Waals surface area (Å²) in [7, 11) is -1.69. The van der Waals surface area contributed by atoms with E-state index in [1.165, 1.54) is 0 Å². The molecule has 1 aromatic rings. The van der Waals surface area contributed by atoms with Gasteiger partial charge in [0, 0.05) is 23.7 Å². The minimum atomic E-state index is -3.52. The van der Waals surface area contributed by atoms with E-state index in [-0.39, 0.29) is 5.54 Å². The Bertz CT molecular complexity index is 641. The van der Waals surface area contributed by atoms with Crippen molar-refractivity contribution in [1.82, 2.24) is 9.62 Å². The minimum Gasteiger partial charge on any atom is -0.316 e. The second kappa shape index (κ2) is 5.88. The molecule has 0 bridgehead atoms. The lowest BCUT2D eigenvalue weighted by molar-refractivity contribution is 0.291. The van der Waals surface area contributed by atoms with Crippen molar-refractivity contribution in [1.29, 1.82) is 0 Å². The average molecular weight is 331 g/mol. The van der Waals surface area contributed by atoms with Gasteiger partial charge in [-0.2, -0.15) is 4.31 Å². The summed E-state index contributed by atoms with van der Waals surface area (Å²) in [5.74, 6) is 0. The first-order valence-corrected chi connectivity index (χ1v) is 8.98. The average Bonchev–Trinajstić information content (AvgIpc) is 2.74. The summed E-state index contributed by atoms with van der Waals surface area (Å²) in [5, 5.41) is 3.51. The predicted molar refractivity (Wildman–Crippen MR) is 86.2 cm³/mol. The zero-order chi connectivity index (χ0) is 15.8. The summed E-state index contributed by atoms with van der Waals surface area (Å²) in [6.45, 7) is 6.97. The smallest absolute Gasteiger partial charge is 0.243 e. The second-order valence-electron chi connectivity index (χ2n) is 6.21. The fourth-order valence-electron chi connectivity index (χ4n) is 3.00. The van der Waals surface area contributed by atoms with E-state index in [9.17, 15) is 8.42 Å². The number of nitrogens with zero attached hydrogens (tertiary/aromatic N) is 1. The normalized spacial score (nSPS) is 19.1. The number of halogens is 1. The van der Waals surface area contributed by atoms with Crippen LogP contribution in [0.3, 0.4) is 0 Å². The molecular formula is C15H23ClN2O2S. The van der Waals surface area contributed by atoms with Crippen LogP contribution >= 0.6 is 11.6 Å². The van der Waals surface area contributed by atoms with Gasteiger partial charge in [-0.1, -0.05) is 11.6 Å². The van der Waals surface area contributed by atoms with Crippen LogP contribution in [-0.2, 0) is 16.6 Å². The lowest BCUT2D eigenvalue weighted by Gasteiger charge is -2.31. The van der Waals surface area contributed by atoms with E-state index < -0.39 is 10.0 Å². The van der Waals surface area contributed by atoms with E-state index in [0.717, 1.165) is 24.0 Å². The molecule has 0 spiro atoms. The highest BCUT2D eigenvalue weighted by Crippen LogP contribution is 2.36. The van der Waals surface area contributed by atoms with Crippen LogP contribution in [0, 0.1) is 6.92 Å². The Morgan fingerprint density at radius 2 is 2.05 bits per heavy atom. The number of hydrogen-bond acceptors (Lipinski definition) is 3. The molecule has 1 N–H and O–H groups in total. The van der Waals surface area contributed by atoms with E-state index in [1.807, 2.05) is 33.9 Å². The summed E-state index contributed by atoms with van der Waals surface area (Å²) >= 11 is 6.13. The van der Waals surface area contributed by atoms with Gasteiger partial charge in [0.25, 0.3) is 0 Å². The topological polar surface area (TPSA) is 49.4 Å². The fraction of sp³-hybridized carbons (Fsp3) is 0.600. The molecule has 1 aliphatic heterocycles. The lowest BCUT2D eigenvalue weighted by atomic mass is 10.0. The quantitative estimate of drug-likeness (QED) is 0.923. The summed E-state index contributed by atoms with van der Waals surface area (Å²) in [4.78, 5) is 0.329. The van der Waals surface area contributed by atoms with Gasteiger partial charge in [0.05, 0.1) is 4.90 Å². The van der Waals surface area contributed by atoms with Crippen molar-refractivity contribution in [2.24, 2.45) is 0 Å². The number of rotatable bonds is 4. The third kappa shape index (κ3) is 3.11. The van der Waals surface area contributed by atoms with Gasteiger partial charge in [0.1, 0.15) is 0 Å². The zero-order valence-electron chi connectivity index (χ0n) is 13.0. The second-order valence-corrected chi connectivity index (χ2v) is 8.48. The van der Waals surface area contributed by atoms with Gasteiger partial charge in [-0.25, -0.2) is 8.42 Å². The molecule has 4 nitrogen and oxygen atoms in total. The molecule has 2 rings (SSSR count). The van der Waals surface area contributed by atoms with Crippen molar-refractivity contribution in [2.45, 2.75) is 50.6 Å². The van der Waals surface area contributed by atoms with E-state index in [1.54, 1.807) is 10.4 Å². The maximum absolute atomic E-state index is 13.0. The van der Waals surface area contributed by atoms with Crippen LogP contribution in [0.4, 0.5) is 0 Å². The maximum Gasteiger partial charge on any atom is 0.243 e. The van der Waals surface area contributed by atoms with E-state index >= 15 is 0 Å². The molecule has 21 heavy (non-hydrogen) atoms. The minimum absolute atomic E-state index is 0.329. The summed E-state index contributed by atoms with van der Waals surface area (Å²) in [6.07, 6.45) is 1.78. The molecule has 0 radical (unpaired) electrons. The molecule has 0 aliphatic carbocycles. The first-order valence-electron chi connectivity index (χ1n) is 7.16. The molecule has 1 fully saturated rings. The molecule has 0 saturated carbocycles. The van der Waals surface area contributed by atoms with Gasteiger partial charge in [0.2, 0.25) is 10.0 Å². The molecule has 1 aliphatic rings. The Balaban J connectivity index is 2.55. The molecular weight excluding hydrogens is 308 g/mol. The lowest BCUT2D eigenvalue weighted by Crippen LogP contribution is -2.42. The summed E-state index contributed by atoms with van der Waals surface area (Å²) in [6, 6.07) is 3.39. The van der Waals surface area contributed by atoms with Crippen LogP contribution in [0.5, 0.6) is 0 Å². The van der Waals surface area contributed by atoms with Gasteiger partial charge >= 0.3 is 0 Å². The molecule has 0 atom stereocenters. The van der Waals surface area contributed by atoms with E-state index in [4.69, 9.17) is 11.6 Å². The highest BCUT2D eigenvalue weighted by atomic mass is 35.5. The molecule has 0 aromatic heterocycles. The van der Waals surface area contributed by atoms with E-state index in [2.05, 4.69) is 5.32 Å². The Morgan fingerprint density at radius 3 is 2.57 bits per heavy atom. The highest BCUT2D eigenvalue weighted by molar-refractivity contribution is 7.89. The largest absolute Gasteiger partial charge is 0.316 e. The van der Waals surface area contributed by atoms with E-state index in [0.29, 0.717) is 23.0 Å². The fourth-order valence-corrected chi connectivity index (χ4v) is 5.45. The first-order chi connectivity index (χ1) is 9.70. The van der Waals surface area contributed by atoms with Crippen molar-refractivity contribution in [3.8, 4) is 0 Å². The van der Waals surface area contributed by atoms with Crippen molar-refractivity contribution in [2.75, 3.05) is 13.6 Å². The Labute approximate surface area is 132 Å². The number of sulfonamides is 1. The molecule has 6 heteroatoms. The monoisotopic (exact) mass is 330 g/mol. The molecule has 118 valence electrons. The van der Waals surface area contributed by atoms with Gasteiger partial charge in [-0.15, -0.1) is 0 Å². The van der Waals surface area contributed by atoms with Crippen LogP contribution in [0.25, 0.3) is 0 Å². The third-order valence-corrected chi connectivity index (χ3v) is 6.65. The van der Waals surface area contributed by atoms with Crippen LogP contribution in [0.15, 0.2) is 17.0 Å². The van der Waals surface area contributed by atoms with Crippen LogP contribution < -0.4 is 5.32 Å². The molecule has 0 amide bonds. The third-order valence-electron chi connectivity index (χ3n) is 4.19. The van der Waals surface area contributed by atoms with Crippen molar-refractivity contribution >= 4 is 21.6 Å². The molecule has 1 saturated heterocycles. The number of hydrogen-bond donors (Lipinski definition) is 1. The predicted octanol–water partition coefficient (Wildman–Crippen LogP) is 2.93. The van der Waals surface area contributed by atoms with Gasteiger partial charge in [-0.05, 0) is 63.9 Å². The first kappa shape index (κ1) is 16.7. The highest BCUT2D eigenvalue weighted by Gasteiger charge is 2.41. The standard InChI is InChI=1S/C15H23ClN2O2S/c1-11-12(10-17-4)8-13(16)9-14(11)21(19,20)18-7-5-6-15(18,2)3/h8-9,17H,5-7,10H2,1-4H3. The van der Waals surface area contributed by atoms with Crippen LogP contribution in [0.2, 0.25) is 5.02 Å². The Morgan fingerprint density at radius 1 is 1.38 bits per heavy atom. The molecule has 1 aromatic carbocycles. The molecule has 0 unspecified atom stereocenters. The van der Waals surface area contributed by atoms with Crippen LogP contribution in [-0.4, -0.2) is 31.9 Å². The Hall–Kier alpha value is -0.620. The summed E-state index contributed by atoms with van der Waals surface area (Å²) in [5.41, 5.74) is 1.36. The van der Waals surface area contributed by atoms with Crippen molar-refractivity contribution in [3.05, 3.63) is 28.3 Å². The number of benzene rings is 1. The van der Waals surface area contributed by atoms with Gasteiger partial charge in [-0.3, -0.25) is 0 Å². The zero-order valence-corrected chi connectivity index (χ0v) is 14.6. The Kier molecular flexibility index (Phi) is 4.69. The SMILES string of the molecule is CNCc1cc(Cl)cc(S(=O)(=O)N2CCCC2(C)C)c1C. The van der Waals surface area contributed by atoms with Crippen LogP contribution in [0.1, 0.15) is 37.8 Å². The summed E-state index contributed by atoms with van der Waals surface area (Å²) < 4.78 is 27.7. The van der Waals surface area contributed by atoms with Gasteiger partial charge < -0.3 is 5.32 Å². The van der Waals surface area contributed by atoms with Gasteiger partial charge in [0.15, 0.2) is 0 Å². The molecule has 1 heterocycles. The number of nitrogens with one attached hydrogen (secondary N) is 1.